The number of hydrogen-bond donors (Lipinski definition) is 3. The van der Waals surface area contributed by atoms with Crippen LogP contribution in [0.2, 0.25) is 5.02 Å². The number of benzene rings is 2. The first-order valence-electron chi connectivity index (χ1n) is 7.80. The van der Waals surface area contributed by atoms with Gasteiger partial charge in [-0.3, -0.25) is 0 Å². The largest absolute Gasteiger partial charge is 0.508 e. The van der Waals surface area contributed by atoms with Crippen LogP contribution in [0.4, 0.5) is 5.69 Å². The zero-order chi connectivity index (χ0) is 16.1. The first-order valence-corrected chi connectivity index (χ1v) is 8.18. The monoisotopic (exact) mass is 327 g/mol. The summed E-state index contributed by atoms with van der Waals surface area (Å²) in [6.45, 7) is 2.01. The van der Waals surface area contributed by atoms with Crippen LogP contribution in [-0.4, -0.2) is 10.2 Å². The highest BCUT2D eigenvalue weighted by molar-refractivity contribution is 6.31. The first kappa shape index (κ1) is 14.5. The van der Waals surface area contributed by atoms with Gasteiger partial charge in [-0.1, -0.05) is 29.8 Å². The number of anilines is 1. The number of halogens is 1. The second kappa shape index (κ2) is 5.20. The van der Waals surface area contributed by atoms with E-state index in [9.17, 15) is 10.2 Å². The lowest BCUT2D eigenvalue weighted by atomic mass is 9.76. The van der Waals surface area contributed by atoms with Crippen molar-refractivity contribution in [2.45, 2.75) is 25.3 Å². The fourth-order valence-corrected chi connectivity index (χ4v) is 4.05. The summed E-state index contributed by atoms with van der Waals surface area (Å²) in [4.78, 5) is 0. The van der Waals surface area contributed by atoms with E-state index >= 15 is 0 Å². The molecule has 0 amide bonds. The molecule has 4 heteroatoms. The topological polar surface area (TPSA) is 52.5 Å². The van der Waals surface area contributed by atoms with Crippen LogP contribution in [0, 0.1) is 12.8 Å². The number of allylic oxidation sites excluding steroid dienone is 2. The maximum absolute atomic E-state index is 10.3. The third kappa shape index (κ3) is 2.19. The predicted octanol–water partition coefficient (Wildman–Crippen LogP) is 4.89. The molecular weight excluding hydrogens is 310 g/mol. The smallest absolute Gasteiger partial charge is 0.124 e. The highest BCUT2D eigenvalue weighted by Crippen LogP contribution is 2.52. The van der Waals surface area contributed by atoms with Crippen molar-refractivity contribution in [1.29, 1.82) is 0 Å². The van der Waals surface area contributed by atoms with E-state index in [1.807, 2.05) is 13.0 Å². The van der Waals surface area contributed by atoms with E-state index in [2.05, 4.69) is 23.5 Å². The Labute approximate surface area is 140 Å². The standard InChI is InChI=1S/C19H18ClNO2/c1-10-16(20)8-7-14-12-3-2-4-13(12)19(21-18(10)14)15-6-5-11(22)9-17(15)23/h2-3,5-9,12-13,19,21-23H,4H2,1H3. The molecule has 3 nitrogen and oxygen atoms in total. The number of nitrogens with one attached hydrogen (secondary N) is 1. The molecule has 2 aromatic rings. The van der Waals surface area contributed by atoms with Gasteiger partial charge in [0.25, 0.3) is 0 Å². The van der Waals surface area contributed by atoms with Gasteiger partial charge in [0.1, 0.15) is 11.5 Å². The van der Waals surface area contributed by atoms with E-state index in [1.54, 1.807) is 12.1 Å². The predicted molar refractivity (Wildman–Crippen MR) is 92.3 cm³/mol. The molecule has 3 atom stereocenters. The van der Waals surface area contributed by atoms with E-state index < -0.39 is 0 Å². The maximum Gasteiger partial charge on any atom is 0.124 e. The molecule has 0 saturated carbocycles. The average Bonchev–Trinajstić information content (AvgIpc) is 3.00. The first-order chi connectivity index (χ1) is 11.1. The minimum Gasteiger partial charge on any atom is -0.508 e. The average molecular weight is 328 g/mol. The molecule has 1 aliphatic carbocycles. The molecule has 23 heavy (non-hydrogen) atoms. The van der Waals surface area contributed by atoms with Crippen LogP contribution < -0.4 is 5.32 Å². The Balaban J connectivity index is 1.85. The maximum atomic E-state index is 10.3. The number of phenolic OH excluding ortho intramolecular Hbond substituents is 2. The van der Waals surface area contributed by atoms with Crippen molar-refractivity contribution in [3.8, 4) is 11.5 Å². The molecule has 118 valence electrons. The molecule has 0 fully saturated rings. The summed E-state index contributed by atoms with van der Waals surface area (Å²) in [5.74, 6) is 0.859. The Hall–Kier alpha value is -2.13. The summed E-state index contributed by atoms with van der Waals surface area (Å²) in [5.41, 5.74) is 4.17. The minimum atomic E-state index is -0.0136. The molecule has 0 bridgehead atoms. The number of fused-ring (bicyclic) bond motifs is 3. The van der Waals surface area contributed by atoms with Crippen molar-refractivity contribution in [2.24, 2.45) is 5.92 Å². The van der Waals surface area contributed by atoms with Crippen molar-refractivity contribution in [3.05, 3.63) is 64.2 Å². The third-order valence-electron chi connectivity index (χ3n) is 5.08. The van der Waals surface area contributed by atoms with Gasteiger partial charge in [-0.15, -0.1) is 0 Å². The Morgan fingerprint density at radius 2 is 1.91 bits per heavy atom. The van der Waals surface area contributed by atoms with Gasteiger partial charge in [-0.2, -0.15) is 0 Å². The van der Waals surface area contributed by atoms with Crippen molar-refractivity contribution >= 4 is 17.3 Å². The van der Waals surface area contributed by atoms with Gasteiger partial charge in [-0.05, 0) is 48.6 Å². The van der Waals surface area contributed by atoms with Crippen LogP contribution in [0.1, 0.15) is 35.1 Å². The lowest BCUT2D eigenvalue weighted by Crippen LogP contribution is -2.29. The molecule has 1 heterocycles. The Bertz CT molecular complexity index is 815. The van der Waals surface area contributed by atoms with Gasteiger partial charge in [0.05, 0.1) is 6.04 Å². The van der Waals surface area contributed by atoms with Crippen LogP contribution in [0.5, 0.6) is 11.5 Å². The summed E-state index contributed by atoms with van der Waals surface area (Å²) in [6.07, 6.45) is 5.42. The van der Waals surface area contributed by atoms with E-state index in [1.165, 1.54) is 11.6 Å². The van der Waals surface area contributed by atoms with Gasteiger partial charge >= 0.3 is 0 Å². The Morgan fingerprint density at radius 3 is 2.70 bits per heavy atom. The van der Waals surface area contributed by atoms with Crippen LogP contribution in [-0.2, 0) is 0 Å². The zero-order valence-corrected chi connectivity index (χ0v) is 13.5. The van der Waals surface area contributed by atoms with Crippen LogP contribution in [0.25, 0.3) is 0 Å². The molecule has 0 aromatic heterocycles. The molecule has 0 saturated heterocycles. The molecule has 2 aromatic carbocycles. The lowest BCUT2D eigenvalue weighted by Gasteiger charge is -2.38. The van der Waals surface area contributed by atoms with Crippen molar-refractivity contribution in [1.82, 2.24) is 0 Å². The summed E-state index contributed by atoms with van der Waals surface area (Å²) in [6, 6.07) is 8.85. The molecule has 3 unspecified atom stereocenters. The summed E-state index contributed by atoms with van der Waals surface area (Å²) < 4.78 is 0. The highest BCUT2D eigenvalue weighted by Gasteiger charge is 2.39. The fourth-order valence-electron chi connectivity index (χ4n) is 3.89. The number of aromatic hydroxyl groups is 2. The Kier molecular flexibility index (Phi) is 3.27. The lowest BCUT2D eigenvalue weighted by molar-refractivity contribution is 0.398. The summed E-state index contributed by atoms with van der Waals surface area (Å²) >= 11 is 6.29. The van der Waals surface area contributed by atoms with Gasteiger partial charge in [0.2, 0.25) is 0 Å². The van der Waals surface area contributed by atoms with Crippen LogP contribution in [0.15, 0.2) is 42.5 Å². The van der Waals surface area contributed by atoms with Gasteiger partial charge in [-0.25, -0.2) is 0 Å². The van der Waals surface area contributed by atoms with Crippen molar-refractivity contribution in [3.63, 3.8) is 0 Å². The van der Waals surface area contributed by atoms with Crippen molar-refractivity contribution < 1.29 is 10.2 Å². The second-order valence-electron chi connectivity index (χ2n) is 6.36. The quantitative estimate of drug-likeness (QED) is 0.654. The van der Waals surface area contributed by atoms with E-state index in [-0.39, 0.29) is 17.5 Å². The van der Waals surface area contributed by atoms with Crippen molar-refractivity contribution in [2.75, 3.05) is 5.32 Å². The second-order valence-corrected chi connectivity index (χ2v) is 6.76. The molecular formula is C19H18ClNO2. The molecule has 3 N–H and O–H groups in total. The van der Waals surface area contributed by atoms with E-state index in [0.29, 0.717) is 11.8 Å². The molecule has 0 radical (unpaired) electrons. The normalized spacial score (nSPS) is 24.9. The van der Waals surface area contributed by atoms with E-state index in [0.717, 1.165) is 28.3 Å². The van der Waals surface area contributed by atoms with Gasteiger partial charge in [0.15, 0.2) is 0 Å². The molecule has 4 rings (SSSR count). The summed E-state index contributed by atoms with van der Waals surface area (Å²) in [7, 11) is 0. The summed E-state index contributed by atoms with van der Waals surface area (Å²) in [5, 5.41) is 24.2. The SMILES string of the molecule is Cc1c(Cl)ccc2c1NC(c1ccc(O)cc1O)C1CC=CC21. The number of rotatable bonds is 1. The van der Waals surface area contributed by atoms with Gasteiger partial charge in [0, 0.05) is 28.3 Å². The Morgan fingerprint density at radius 1 is 1.13 bits per heavy atom. The molecule has 1 aliphatic heterocycles. The highest BCUT2D eigenvalue weighted by atomic mass is 35.5. The number of phenols is 2. The van der Waals surface area contributed by atoms with E-state index in [4.69, 9.17) is 11.6 Å². The number of hydrogen-bond acceptors (Lipinski definition) is 3. The zero-order valence-electron chi connectivity index (χ0n) is 12.8. The fraction of sp³-hybridized carbons (Fsp3) is 0.263. The minimum absolute atomic E-state index is 0.0136. The third-order valence-corrected chi connectivity index (χ3v) is 5.49. The van der Waals surface area contributed by atoms with Gasteiger partial charge < -0.3 is 15.5 Å². The molecule has 0 spiro atoms. The van der Waals surface area contributed by atoms with Crippen LogP contribution in [0.3, 0.4) is 0 Å². The van der Waals surface area contributed by atoms with Crippen LogP contribution >= 0.6 is 11.6 Å². The molecule has 2 aliphatic rings.